The van der Waals surface area contributed by atoms with Crippen molar-refractivity contribution in [1.29, 1.82) is 0 Å². The van der Waals surface area contributed by atoms with E-state index in [1.54, 1.807) is 12.1 Å². The summed E-state index contributed by atoms with van der Waals surface area (Å²) in [5, 5.41) is 17.6. The Balaban J connectivity index is 0.00000196. The minimum atomic E-state index is -1.02. The SMILES string of the molecule is COc1cc(/C=C/C(=O)O)ccc1O.O. The fourth-order valence-electron chi connectivity index (χ4n) is 0.965. The van der Waals surface area contributed by atoms with Gasteiger partial charge in [0.15, 0.2) is 11.5 Å². The van der Waals surface area contributed by atoms with E-state index in [9.17, 15) is 9.90 Å². The fraction of sp³-hybridized carbons (Fsp3) is 0.100. The lowest BCUT2D eigenvalue weighted by molar-refractivity contribution is -0.131. The summed E-state index contributed by atoms with van der Waals surface area (Å²) in [6.07, 6.45) is 2.44. The first-order valence-electron chi connectivity index (χ1n) is 3.91. The number of carboxylic acid groups (broad SMARTS) is 1. The Kier molecular flexibility index (Phi) is 4.90. The van der Waals surface area contributed by atoms with Crippen molar-refractivity contribution in [2.45, 2.75) is 0 Å². The molecular formula is C10H12O5. The van der Waals surface area contributed by atoms with E-state index < -0.39 is 5.97 Å². The number of hydrogen-bond acceptors (Lipinski definition) is 3. The standard InChI is InChI=1S/C10H10O4.H2O/c1-14-9-6-7(2-4-8(9)11)3-5-10(12)13;/h2-6,11H,1H3,(H,12,13);1H2/b5-3+;. The number of aliphatic carboxylic acids is 1. The van der Waals surface area contributed by atoms with Crippen molar-refractivity contribution in [3.63, 3.8) is 0 Å². The van der Waals surface area contributed by atoms with Crippen molar-refractivity contribution in [2.75, 3.05) is 7.11 Å². The Bertz CT molecular complexity index is 370. The molecule has 1 aromatic carbocycles. The largest absolute Gasteiger partial charge is 0.504 e. The molecule has 4 N–H and O–H groups in total. The summed E-state index contributed by atoms with van der Waals surface area (Å²) in [5.74, 6) is -0.672. The molecule has 1 rings (SSSR count). The number of methoxy groups -OCH3 is 1. The van der Waals surface area contributed by atoms with Crippen LogP contribution in [0.25, 0.3) is 6.08 Å². The molecule has 0 spiro atoms. The number of benzene rings is 1. The zero-order valence-electron chi connectivity index (χ0n) is 8.10. The van der Waals surface area contributed by atoms with E-state index in [1.165, 1.54) is 19.3 Å². The molecule has 0 aliphatic rings. The van der Waals surface area contributed by atoms with Crippen LogP contribution < -0.4 is 4.74 Å². The molecule has 0 saturated carbocycles. The van der Waals surface area contributed by atoms with Crippen LogP contribution in [0.2, 0.25) is 0 Å². The molecule has 5 heteroatoms. The number of rotatable bonds is 3. The normalized spacial score (nSPS) is 9.67. The summed E-state index contributed by atoms with van der Waals surface area (Å²) < 4.78 is 4.86. The van der Waals surface area contributed by atoms with Crippen LogP contribution >= 0.6 is 0 Å². The van der Waals surface area contributed by atoms with Crippen LogP contribution in [0.1, 0.15) is 5.56 Å². The highest BCUT2D eigenvalue weighted by Crippen LogP contribution is 2.26. The van der Waals surface area contributed by atoms with Gasteiger partial charge in [0, 0.05) is 6.08 Å². The maximum Gasteiger partial charge on any atom is 0.328 e. The molecule has 0 atom stereocenters. The quantitative estimate of drug-likeness (QED) is 0.719. The van der Waals surface area contributed by atoms with E-state index in [-0.39, 0.29) is 11.2 Å². The highest BCUT2D eigenvalue weighted by atomic mass is 16.5. The average Bonchev–Trinajstić information content (AvgIpc) is 2.16. The second kappa shape index (κ2) is 5.66. The van der Waals surface area contributed by atoms with Crippen LogP contribution in [0.5, 0.6) is 11.5 Å². The van der Waals surface area contributed by atoms with E-state index >= 15 is 0 Å². The van der Waals surface area contributed by atoms with Gasteiger partial charge in [0.1, 0.15) is 0 Å². The highest BCUT2D eigenvalue weighted by Gasteiger charge is 2.00. The van der Waals surface area contributed by atoms with Gasteiger partial charge in [0.05, 0.1) is 7.11 Å². The maximum absolute atomic E-state index is 10.2. The lowest BCUT2D eigenvalue weighted by Gasteiger charge is -2.03. The second-order valence-electron chi connectivity index (χ2n) is 2.60. The van der Waals surface area contributed by atoms with Gasteiger partial charge in [-0.15, -0.1) is 0 Å². The summed E-state index contributed by atoms with van der Waals surface area (Å²) in [7, 11) is 1.43. The van der Waals surface area contributed by atoms with Crippen LogP contribution in [0.15, 0.2) is 24.3 Å². The van der Waals surface area contributed by atoms with Crippen molar-refractivity contribution >= 4 is 12.0 Å². The summed E-state index contributed by atoms with van der Waals surface area (Å²) in [6, 6.07) is 4.59. The molecule has 0 radical (unpaired) electrons. The minimum absolute atomic E-state index is 0. The van der Waals surface area contributed by atoms with Crippen molar-refractivity contribution in [1.82, 2.24) is 0 Å². The average molecular weight is 212 g/mol. The summed E-state index contributed by atoms with van der Waals surface area (Å²) in [5.41, 5.74) is 0.655. The van der Waals surface area contributed by atoms with Gasteiger partial charge in [-0.3, -0.25) is 0 Å². The second-order valence-corrected chi connectivity index (χ2v) is 2.60. The Morgan fingerprint density at radius 3 is 2.67 bits per heavy atom. The van der Waals surface area contributed by atoms with Crippen molar-refractivity contribution in [3.05, 3.63) is 29.8 Å². The monoisotopic (exact) mass is 212 g/mol. The number of phenolic OH excluding ortho intramolecular Hbond substituents is 1. The molecular weight excluding hydrogens is 200 g/mol. The fourth-order valence-corrected chi connectivity index (χ4v) is 0.965. The van der Waals surface area contributed by atoms with Crippen LogP contribution in [-0.4, -0.2) is 28.8 Å². The number of carboxylic acids is 1. The lowest BCUT2D eigenvalue weighted by Crippen LogP contribution is -1.87. The predicted octanol–water partition coefficient (Wildman–Crippen LogP) is 0.674. The summed E-state index contributed by atoms with van der Waals surface area (Å²) in [4.78, 5) is 10.2. The van der Waals surface area contributed by atoms with Gasteiger partial charge in [-0.25, -0.2) is 4.79 Å². The molecule has 1 aromatic rings. The highest BCUT2D eigenvalue weighted by molar-refractivity contribution is 5.85. The van der Waals surface area contributed by atoms with Gasteiger partial charge < -0.3 is 20.4 Å². The molecule has 0 aliphatic heterocycles. The third kappa shape index (κ3) is 3.70. The first-order chi connectivity index (χ1) is 6.63. The molecule has 0 aliphatic carbocycles. The van der Waals surface area contributed by atoms with Crippen LogP contribution in [0, 0.1) is 0 Å². The van der Waals surface area contributed by atoms with Crippen LogP contribution in [-0.2, 0) is 4.79 Å². The van der Waals surface area contributed by atoms with E-state index in [1.807, 2.05) is 0 Å². The maximum atomic E-state index is 10.2. The van der Waals surface area contributed by atoms with E-state index in [0.717, 1.165) is 6.08 Å². The minimum Gasteiger partial charge on any atom is -0.504 e. The Morgan fingerprint density at radius 2 is 2.13 bits per heavy atom. The summed E-state index contributed by atoms with van der Waals surface area (Å²) >= 11 is 0. The number of phenols is 1. The first-order valence-corrected chi connectivity index (χ1v) is 3.91. The molecule has 0 bridgehead atoms. The molecule has 0 unspecified atom stereocenters. The van der Waals surface area contributed by atoms with E-state index in [4.69, 9.17) is 9.84 Å². The van der Waals surface area contributed by atoms with Gasteiger partial charge in [-0.1, -0.05) is 6.07 Å². The number of ether oxygens (including phenoxy) is 1. The molecule has 0 heterocycles. The van der Waals surface area contributed by atoms with Crippen LogP contribution in [0.4, 0.5) is 0 Å². The Labute approximate surface area is 86.5 Å². The topological polar surface area (TPSA) is 98.3 Å². The lowest BCUT2D eigenvalue weighted by atomic mass is 10.2. The zero-order valence-corrected chi connectivity index (χ0v) is 8.10. The van der Waals surface area contributed by atoms with Gasteiger partial charge in [0.25, 0.3) is 0 Å². The molecule has 0 fully saturated rings. The van der Waals surface area contributed by atoms with Crippen molar-refractivity contribution in [2.24, 2.45) is 0 Å². The molecule has 0 saturated heterocycles. The molecule has 0 aromatic heterocycles. The van der Waals surface area contributed by atoms with Gasteiger partial charge in [-0.05, 0) is 23.8 Å². The zero-order chi connectivity index (χ0) is 10.6. The number of aromatic hydroxyl groups is 1. The van der Waals surface area contributed by atoms with Gasteiger partial charge >= 0.3 is 5.97 Å². The smallest absolute Gasteiger partial charge is 0.328 e. The molecule has 0 amide bonds. The number of hydrogen-bond donors (Lipinski definition) is 2. The predicted molar refractivity (Wildman–Crippen MR) is 54.9 cm³/mol. The Morgan fingerprint density at radius 1 is 1.47 bits per heavy atom. The van der Waals surface area contributed by atoms with Gasteiger partial charge in [-0.2, -0.15) is 0 Å². The van der Waals surface area contributed by atoms with Crippen molar-refractivity contribution < 1.29 is 25.2 Å². The molecule has 15 heavy (non-hydrogen) atoms. The van der Waals surface area contributed by atoms with E-state index in [2.05, 4.69) is 0 Å². The molecule has 5 nitrogen and oxygen atoms in total. The number of carbonyl (C=O) groups is 1. The van der Waals surface area contributed by atoms with Gasteiger partial charge in [0.2, 0.25) is 0 Å². The molecule has 82 valence electrons. The first kappa shape index (κ1) is 13.0. The third-order valence-electron chi connectivity index (χ3n) is 1.62. The summed E-state index contributed by atoms with van der Waals surface area (Å²) in [6.45, 7) is 0. The Hall–Kier alpha value is -2.01. The van der Waals surface area contributed by atoms with Crippen molar-refractivity contribution in [3.8, 4) is 11.5 Å². The third-order valence-corrected chi connectivity index (χ3v) is 1.62. The van der Waals surface area contributed by atoms with Crippen LogP contribution in [0.3, 0.4) is 0 Å². The van der Waals surface area contributed by atoms with E-state index in [0.29, 0.717) is 11.3 Å².